The van der Waals surface area contributed by atoms with Crippen LogP contribution < -0.4 is 5.32 Å². The number of aromatic nitrogens is 7. The smallest absolute Gasteiger partial charge is 0.407 e. The van der Waals surface area contributed by atoms with Gasteiger partial charge in [0, 0.05) is 37.1 Å². The van der Waals surface area contributed by atoms with Gasteiger partial charge in [0.05, 0.1) is 0 Å². The molecule has 11 nitrogen and oxygen atoms in total. The van der Waals surface area contributed by atoms with Gasteiger partial charge in [-0.3, -0.25) is 9.78 Å². The van der Waals surface area contributed by atoms with E-state index >= 15 is 0 Å². The number of pyridine rings is 1. The van der Waals surface area contributed by atoms with E-state index in [1.54, 1.807) is 51.4 Å². The summed E-state index contributed by atoms with van der Waals surface area (Å²) in [5.74, 6) is 0.666. The van der Waals surface area contributed by atoms with E-state index in [2.05, 4.69) is 40.7 Å². The van der Waals surface area contributed by atoms with Crippen LogP contribution in [0, 0.1) is 0 Å². The lowest BCUT2D eigenvalue weighted by molar-refractivity contribution is 0.0525. The minimum Gasteiger partial charge on any atom is -0.444 e. The van der Waals surface area contributed by atoms with Crippen LogP contribution in [0.3, 0.4) is 0 Å². The highest BCUT2D eigenvalue weighted by molar-refractivity contribution is 5.95. The molecule has 0 fully saturated rings. The second-order valence-electron chi connectivity index (χ2n) is 7.51. The monoisotopic (exact) mass is 422 g/mol. The Bertz CT molecular complexity index is 1020. The molecule has 0 aromatic carbocycles. The van der Waals surface area contributed by atoms with E-state index in [0.29, 0.717) is 30.0 Å². The summed E-state index contributed by atoms with van der Waals surface area (Å²) in [5.41, 5.74) is 0.331. The number of hydrogen-bond acceptors (Lipinski definition) is 10. The van der Waals surface area contributed by atoms with Crippen molar-refractivity contribution in [3.05, 3.63) is 42.4 Å². The molecular weight excluding hydrogens is 400 g/mol. The molecular formula is C20H22N8O3. The predicted molar refractivity (Wildman–Crippen MR) is 110 cm³/mol. The maximum Gasteiger partial charge on any atom is 0.407 e. The third-order valence-corrected chi connectivity index (χ3v) is 3.81. The number of ketones is 1. The molecule has 31 heavy (non-hydrogen) atoms. The average molecular weight is 422 g/mol. The molecule has 1 N–H and O–H groups in total. The van der Waals surface area contributed by atoms with Gasteiger partial charge in [0.25, 0.3) is 0 Å². The van der Waals surface area contributed by atoms with Crippen LogP contribution in [0.1, 0.15) is 44.0 Å². The van der Waals surface area contributed by atoms with E-state index in [1.807, 2.05) is 0 Å². The third kappa shape index (κ3) is 6.56. The molecule has 0 aliphatic heterocycles. The van der Waals surface area contributed by atoms with Crippen LogP contribution in [0.2, 0.25) is 0 Å². The zero-order chi connectivity index (χ0) is 22.3. The van der Waals surface area contributed by atoms with Crippen molar-refractivity contribution in [2.75, 3.05) is 6.54 Å². The van der Waals surface area contributed by atoms with Crippen LogP contribution in [-0.4, -0.2) is 59.4 Å². The molecule has 1 amide bonds. The van der Waals surface area contributed by atoms with Gasteiger partial charge in [0.1, 0.15) is 11.3 Å². The van der Waals surface area contributed by atoms with Crippen molar-refractivity contribution in [1.29, 1.82) is 0 Å². The molecule has 3 heterocycles. The molecule has 0 radical (unpaired) electrons. The van der Waals surface area contributed by atoms with Crippen molar-refractivity contribution in [2.24, 2.45) is 0 Å². The normalized spacial score (nSPS) is 11.1. The van der Waals surface area contributed by atoms with Crippen molar-refractivity contribution in [1.82, 2.24) is 40.7 Å². The fourth-order valence-corrected chi connectivity index (χ4v) is 2.42. The minimum absolute atomic E-state index is 0.0845. The van der Waals surface area contributed by atoms with E-state index < -0.39 is 11.7 Å². The summed E-state index contributed by atoms with van der Waals surface area (Å²) < 4.78 is 5.14. The minimum atomic E-state index is -0.558. The lowest BCUT2D eigenvalue weighted by atomic mass is 10.1. The zero-order valence-electron chi connectivity index (χ0n) is 17.4. The fourth-order valence-electron chi connectivity index (χ4n) is 2.42. The molecule has 0 saturated heterocycles. The van der Waals surface area contributed by atoms with Crippen molar-refractivity contribution in [3.8, 4) is 23.2 Å². The number of ether oxygens (including phenoxy) is 1. The van der Waals surface area contributed by atoms with Gasteiger partial charge in [-0.15, -0.1) is 20.4 Å². The van der Waals surface area contributed by atoms with Gasteiger partial charge >= 0.3 is 6.09 Å². The standard InChI is InChI=1S/C20H22N8O3/c1-20(2,3)31-19(30)23-9-4-6-15(29)13-7-8-14(24-12-13)16-25-27-18(28-26-16)17-21-10-5-11-22-17/h5,7-8,10-12H,4,6,9H2,1-3H3,(H,23,30). The van der Waals surface area contributed by atoms with E-state index in [1.165, 1.54) is 6.20 Å². The van der Waals surface area contributed by atoms with E-state index in [-0.39, 0.29) is 23.9 Å². The maximum absolute atomic E-state index is 12.3. The van der Waals surface area contributed by atoms with Crippen LogP contribution in [0.15, 0.2) is 36.8 Å². The Labute approximate surface area is 178 Å². The summed E-state index contributed by atoms with van der Waals surface area (Å²) in [6.07, 6.45) is 4.85. The highest BCUT2D eigenvalue weighted by Crippen LogP contribution is 2.13. The number of alkyl carbamates (subject to hydrolysis) is 1. The summed E-state index contributed by atoms with van der Waals surface area (Å²) in [4.78, 5) is 36.2. The average Bonchev–Trinajstić information content (AvgIpc) is 2.76. The Morgan fingerprint density at radius 2 is 1.61 bits per heavy atom. The number of amides is 1. The van der Waals surface area contributed by atoms with E-state index in [0.717, 1.165) is 0 Å². The van der Waals surface area contributed by atoms with Gasteiger partial charge < -0.3 is 10.1 Å². The molecule has 0 unspecified atom stereocenters. The first-order valence-electron chi connectivity index (χ1n) is 9.63. The lowest BCUT2D eigenvalue weighted by Crippen LogP contribution is -2.33. The largest absolute Gasteiger partial charge is 0.444 e. The lowest BCUT2D eigenvalue weighted by Gasteiger charge is -2.19. The molecule has 11 heteroatoms. The number of nitrogens with one attached hydrogen (secondary N) is 1. The van der Waals surface area contributed by atoms with Crippen molar-refractivity contribution >= 4 is 11.9 Å². The highest BCUT2D eigenvalue weighted by atomic mass is 16.6. The first-order valence-corrected chi connectivity index (χ1v) is 9.63. The molecule has 160 valence electrons. The SMILES string of the molecule is CC(C)(C)OC(=O)NCCCC(=O)c1ccc(-c2nnc(-c3ncccn3)nn2)nc1. The highest BCUT2D eigenvalue weighted by Gasteiger charge is 2.16. The molecule has 3 aromatic heterocycles. The fraction of sp³-hybridized carbons (Fsp3) is 0.350. The van der Waals surface area contributed by atoms with Crippen molar-refractivity contribution < 1.29 is 14.3 Å². The first-order chi connectivity index (χ1) is 14.8. The number of rotatable bonds is 7. The van der Waals surface area contributed by atoms with Gasteiger partial charge in [-0.25, -0.2) is 14.8 Å². The topological polar surface area (TPSA) is 146 Å². The van der Waals surface area contributed by atoms with Gasteiger partial charge in [-0.1, -0.05) is 0 Å². The number of nitrogens with zero attached hydrogens (tertiary/aromatic N) is 7. The molecule has 0 bridgehead atoms. The molecule has 3 aromatic rings. The zero-order valence-corrected chi connectivity index (χ0v) is 17.4. The second-order valence-corrected chi connectivity index (χ2v) is 7.51. The number of carbonyl (C=O) groups excluding carboxylic acids is 2. The van der Waals surface area contributed by atoms with Crippen LogP contribution >= 0.6 is 0 Å². The Balaban J connectivity index is 1.51. The summed E-state index contributed by atoms with van der Waals surface area (Å²) in [6, 6.07) is 4.95. The predicted octanol–water partition coefficient (Wildman–Crippen LogP) is 2.27. The number of carbonyl (C=O) groups is 2. The summed E-state index contributed by atoms with van der Waals surface area (Å²) >= 11 is 0. The van der Waals surface area contributed by atoms with Crippen molar-refractivity contribution in [3.63, 3.8) is 0 Å². The van der Waals surface area contributed by atoms with Gasteiger partial charge in [0.2, 0.25) is 17.5 Å². The molecule has 0 spiro atoms. The van der Waals surface area contributed by atoms with Gasteiger partial charge in [-0.05, 0) is 45.4 Å². The Morgan fingerprint density at radius 1 is 0.935 bits per heavy atom. The Morgan fingerprint density at radius 3 is 2.23 bits per heavy atom. The van der Waals surface area contributed by atoms with Gasteiger partial charge in [-0.2, -0.15) is 0 Å². The summed E-state index contributed by atoms with van der Waals surface area (Å²) in [6.45, 7) is 5.71. The summed E-state index contributed by atoms with van der Waals surface area (Å²) in [5, 5.41) is 18.6. The number of Topliss-reactive ketones (excluding diaryl/α,β-unsaturated/α-hetero) is 1. The quantitative estimate of drug-likeness (QED) is 0.444. The molecule has 0 aliphatic rings. The molecule has 0 saturated carbocycles. The summed E-state index contributed by atoms with van der Waals surface area (Å²) in [7, 11) is 0. The van der Waals surface area contributed by atoms with Crippen LogP contribution in [0.4, 0.5) is 4.79 Å². The molecule has 3 rings (SSSR count). The second kappa shape index (κ2) is 9.74. The van der Waals surface area contributed by atoms with E-state index in [9.17, 15) is 9.59 Å². The number of hydrogen-bond donors (Lipinski definition) is 1. The van der Waals surface area contributed by atoms with Crippen LogP contribution in [-0.2, 0) is 4.74 Å². The van der Waals surface area contributed by atoms with Gasteiger partial charge in [0.15, 0.2) is 5.78 Å². The van der Waals surface area contributed by atoms with Crippen molar-refractivity contribution in [2.45, 2.75) is 39.2 Å². The first kappa shape index (κ1) is 21.8. The molecule has 0 aliphatic carbocycles. The Kier molecular flexibility index (Phi) is 6.85. The van der Waals surface area contributed by atoms with Crippen LogP contribution in [0.5, 0.6) is 0 Å². The maximum atomic E-state index is 12.3. The Hall–Kier alpha value is -3.89. The third-order valence-electron chi connectivity index (χ3n) is 3.81. The van der Waals surface area contributed by atoms with Crippen LogP contribution in [0.25, 0.3) is 23.2 Å². The van der Waals surface area contributed by atoms with E-state index in [4.69, 9.17) is 4.74 Å². The molecule has 0 atom stereocenters.